The Bertz CT molecular complexity index is 1220. The van der Waals surface area contributed by atoms with E-state index in [2.05, 4.69) is 4.99 Å². The summed E-state index contributed by atoms with van der Waals surface area (Å²) in [6.45, 7) is 0.643. The first-order valence-corrected chi connectivity index (χ1v) is 13.4. The van der Waals surface area contributed by atoms with Gasteiger partial charge in [-0.05, 0) is 55.1 Å². The summed E-state index contributed by atoms with van der Waals surface area (Å²) < 4.78 is 40.9. The molecule has 0 aliphatic rings. The van der Waals surface area contributed by atoms with E-state index in [1.165, 1.54) is 47.7 Å². The monoisotopic (exact) mass is 486 g/mol. The fourth-order valence-corrected chi connectivity index (χ4v) is 5.77. The van der Waals surface area contributed by atoms with E-state index in [1.807, 2.05) is 10.8 Å². The molecular formula is C20H20ClFN2O3S3. The average molecular weight is 487 g/mol. The number of aryl methyl sites for hydroxylation is 1. The Morgan fingerprint density at radius 2 is 1.97 bits per heavy atom. The van der Waals surface area contributed by atoms with E-state index < -0.39 is 15.7 Å². The number of aromatic nitrogens is 1. The zero-order valence-electron chi connectivity index (χ0n) is 16.2. The van der Waals surface area contributed by atoms with Gasteiger partial charge in [0.15, 0.2) is 14.6 Å². The van der Waals surface area contributed by atoms with Crippen molar-refractivity contribution in [3.8, 4) is 0 Å². The van der Waals surface area contributed by atoms with E-state index in [0.717, 1.165) is 11.3 Å². The van der Waals surface area contributed by atoms with Crippen molar-refractivity contribution in [2.75, 3.05) is 17.8 Å². The number of benzene rings is 2. The van der Waals surface area contributed by atoms with Gasteiger partial charge in [-0.2, -0.15) is 16.8 Å². The molecule has 0 unspecified atom stereocenters. The molecule has 0 bridgehead atoms. The van der Waals surface area contributed by atoms with Crippen LogP contribution in [0.15, 0.2) is 52.4 Å². The molecule has 10 heteroatoms. The van der Waals surface area contributed by atoms with Gasteiger partial charge in [0, 0.05) is 23.7 Å². The molecule has 0 aliphatic heterocycles. The summed E-state index contributed by atoms with van der Waals surface area (Å²) in [5.41, 5.74) is 0.826. The number of sulfone groups is 1. The Morgan fingerprint density at radius 1 is 1.23 bits per heavy atom. The smallest absolute Gasteiger partial charge is 0.248 e. The molecule has 0 saturated carbocycles. The Labute approximate surface area is 187 Å². The van der Waals surface area contributed by atoms with Crippen LogP contribution in [0, 0.1) is 5.82 Å². The predicted molar refractivity (Wildman–Crippen MR) is 121 cm³/mol. The number of halogens is 2. The quantitative estimate of drug-likeness (QED) is 0.468. The molecule has 0 saturated heterocycles. The summed E-state index contributed by atoms with van der Waals surface area (Å²) in [5.74, 6) is -0.0681. The molecule has 2 aromatic carbocycles. The molecule has 5 nitrogen and oxygen atoms in total. The third-order valence-electron chi connectivity index (χ3n) is 4.36. The van der Waals surface area contributed by atoms with Crippen molar-refractivity contribution in [1.29, 1.82) is 0 Å². The molecule has 3 aromatic rings. The minimum atomic E-state index is -3.49. The van der Waals surface area contributed by atoms with E-state index in [0.29, 0.717) is 21.1 Å². The number of fused-ring (bicyclic) bond motifs is 1. The van der Waals surface area contributed by atoms with Gasteiger partial charge in [0.2, 0.25) is 5.91 Å². The van der Waals surface area contributed by atoms with Crippen LogP contribution in [-0.2, 0) is 21.2 Å². The van der Waals surface area contributed by atoms with Gasteiger partial charge in [-0.15, -0.1) is 0 Å². The average Bonchev–Trinajstić information content (AvgIpc) is 3.02. The highest BCUT2D eigenvalue weighted by Gasteiger charge is 2.15. The van der Waals surface area contributed by atoms with Crippen molar-refractivity contribution >= 4 is 60.7 Å². The number of amides is 1. The molecule has 0 aliphatic carbocycles. The summed E-state index contributed by atoms with van der Waals surface area (Å²) in [7, 11) is -3.49. The second kappa shape index (κ2) is 10.1. The summed E-state index contributed by atoms with van der Waals surface area (Å²) in [6, 6.07) is 10.4. The number of hydrogen-bond donors (Lipinski definition) is 0. The van der Waals surface area contributed by atoms with E-state index >= 15 is 0 Å². The second-order valence-electron chi connectivity index (χ2n) is 6.52. The molecule has 3 rings (SSSR count). The molecule has 1 aromatic heterocycles. The van der Waals surface area contributed by atoms with Gasteiger partial charge in [-0.1, -0.05) is 22.9 Å². The van der Waals surface area contributed by atoms with Crippen LogP contribution in [0.2, 0.25) is 5.02 Å². The first kappa shape index (κ1) is 23.0. The van der Waals surface area contributed by atoms with Gasteiger partial charge in [0.1, 0.15) is 5.82 Å². The van der Waals surface area contributed by atoms with Crippen molar-refractivity contribution in [2.45, 2.75) is 24.3 Å². The van der Waals surface area contributed by atoms with Crippen LogP contribution in [0.4, 0.5) is 4.39 Å². The molecule has 0 N–H and O–H groups in total. The van der Waals surface area contributed by atoms with Crippen LogP contribution in [-0.4, -0.2) is 36.7 Å². The molecule has 0 fully saturated rings. The first-order chi connectivity index (χ1) is 14.3. The van der Waals surface area contributed by atoms with Crippen molar-refractivity contribution in [3.05, 3.63) is 58.1 Å². The topological polar surface area (TPSA) is 68.5 Å². The minimum absolute atomic E-state index is 0.0119. The zero-order valence-corrected chi connectivity index (χ0v) is 19.4. The van der Waals surface area contributed by atoms with Crippen molar-refractivity contribution in [3.63, 3.8) is 0 Å². The Morgan fingerprint density at radius 3 is 2.67 bits per heavy atom. The van der Waals surface area contributed by atoms with E-state index in [9.17, 15) is 17.6 Å². The molecule has 1 heterocycles. The van der Waals surface area contributed by atoms with Crippen LogP contribution in [0.1, 0.15) is 12.8 Å². The summed E-state index contributed by atoms with van der Waals surface area (Å²) in [6.07, 6.45) is 2.16. The molecule has 0 atom stereocenters. The van der Waals surface area contributed by atoms with Gasteiger partial charge in [-0.3, -0.25) is 4.79 Å². The standard InChI is InChI=1S/C20H20ClFN2O3S3/c1-28-11-10-24-17-9-6-15(22)13-18(17)29-20(24)23-19(25)3-2-12-30(26,27)16-7-4-14(21)5-8-16/h4-9,13H,2-3,10-12H2,1H3. The molecule has 0 radical (unpaired) electrons. The number of thioether (sulfide) groups is 1. The molecule has 0 spiro atoms. The number of carbonyl (C=O) groups is 1. The summed E-state index contributed by atoms with van der Waals surface area (Å²) in [5, 5.41) is 0.459. The van der Waals surface area contributed by atoms with Gasteiger partial charge in [-0.25, -0.2) is 12.8 Å². The van der Waals surface area contributed by atoms with Crippen LogP contribution in [0.25, 0.3) is 10.2 Å². The highest BCUT2D eigenvalue weighted by Crippen LogP contribution is 2.19. The van der Waals surface area contributed by atoms with Crippen LogP contribution < -0.4 is 4.80 Å². The fraction of sp³-hybridized carbons (Fsp3) is 0.300. The fourth-order valence-electron chi connectivity index (χ4n) is 2.87. The zero-order chi connectivity index (χ0) is 21.7. The highest BCUT2D eigenvalue weighted by molar-refractivity contribution is 7.98. The van der Waals surface area contributed by atoms with Crippen LogP contribution >= 0.6 is 34.7 Å². The Kier molecular flexibility index (Phi) is 7.73. The van der Waals surface area contributed by atoms with Crippen molar-refractivity contribution < 1.29 is 17.6 Å². The summed E-state index contributed by atoms with van der Waals surface area (Å²) >= 11 is 8.70. The predicted octanol–water partition coefficient (Wildman–Crippen LogP) is 4.54. The second-order valence-corrected chi connectivity index (χ2v) is 11.1. The third kappa shape index (κ3) is 5.72. The lowest BCUT2D eigenvalue weighted by Gasteiger charge is -2.04. The SMILES string of the molecule is CSCCn1c(=NC(=O)CCCS(=O)(=O)c2ccc(Cl)cc2)sc2cc(F)ccc21. The maximum Gasteiger partial charge on any atom is 0.248 e. The van der Waals surface area contributed by atoms with Gasteiger partial charge < -0.3 is 4.57 Å². The summed E-state index contributed by atoms with van der Waals surface area (Å²) in [4.78, 5) is 17.2. The molecule has 30 heavy (non-hydrogen) atoms. The van der Waals surface area contributed by atoms with E-state index in [-0.39, 0.29) is 29.3 Å². The number of hydrogen-bond acceptors (Lipinski definition) is 5. The highest BCUT2D eigenvalue weighted by atomic mass is 35.5. The van der Waals surface area contributed by atoms with Crippen molar-refractivity contribution in [2.24, 2.45) is 4.99 Å². The normalized spacial score (nSPS) is 12.6. The van der Waals surface area contributed by atoms with E-state index in [1.54, 1.807) is 17.8 Å². The third-order valence-corrected chi connectivity index (χ3v) is 8.06. The largest absolute Gasteiger partial charge is 0.316 e. The molecule has 160 valence electrons. The first-order valence-electron chi connectivity index (χ1n) is 9.14. The molecule has 1 amide bonds. The van der Waals surface area contributed by atoms with Crippen molar-refractivity contribution in [1.82, 2.24) is 4.57 Å². The van der Waals surface area contributed by atoms with Gasteiger partial charge in [0.05, 0.1) is 20.9 Å². The minimum Gasteiger partial charge on any atom is -0.316 e. The number of rotatable bonds is 8. The van der Waals surface area contributed by atoms with Gasteiger partial charge >= 0.3 is 0 Å². The number of nitrogens with zero attached hydrogens (tertiary/aromatic N) is 2. The molecular weight excluding hydrogens is 467 g/mol. The van der Waals surface area contributed by atoms with Crippen LogP contribution in [0.3, 0.4) is 0 Å². The maximum absolute atomic E-state index is 13.6. The lowest BCUT2D eigenvalue weighted by Crippen LogP contribution is -2.18. The van der Waals surface area contributed by atoms with Gasteiger partial charge in [0.25, 0.3) is 0 Å². The van der Waals surface area contributed by atoms with E-state index in [4.69, 9.17) is 11.6 Å². The number of thiazole rings is 1. The van der Waals surface area contributed by atoms with Crippen LogP contribution in [0.5, 0.6) is 0 Å². The lowest BCUT2D eigenvalue weighted by molar-refractivity contribution is -0.118. The Balaban J connectivity index is 1.74. The number of carbonyl (C=O) groups excluding carboxylic acids is 1. The maximum atomic E-state index is 13.6. The lowest BCUT2D eigenvalue weighted by atomic mass is 10.3. The Hall–Kier alpha value is -1.68.